The van der Waals surface area contributed by atoms with Crippen LogP contribution >= 0.6 is 0 Å². The second kappa shape index (κ2) is 5.60. The molecular weight excluding hydrogens is 260 g/mol. The molecule has 1 saturated heterocycles. The van der Waals surface area contributed by atoms with Crippen LogP contribution in [0.5, 0.6) is 0 Å². The number of carbonyl (C=O) groups excluding carboxylic acids is 1. The van der Waals surface area contributed by atoms with Gasteiger partial charge in [-0.1, -0.05) is 6.42 Å². The lowest BCUT2D eigenvalue weighted by molar-refractivity contribution is -0.142. The summed E-state index contributed by atoms with van der Waals surface area (Å²) in [5.74, 6) is -1.27. The van der Waals surface area contributed by atoms with E-state index in [0.29, 0.717) is 19.5 Å². The summed E-state index contributed by atoms with van der Waals surface area (Å²) in [6.07, 6.45) is 2.23. The van der Waals surface area contributed by atoms with Gasteiger partial charge in [0, 0.05) is 12.6 Å². The Morgan fingerprint density at radius 2 is 2.05 bits per heavy atom. The third-order valence-corrected chi connectivity index (χ3v) is 4.00. The molecule has 0 aromatic rings. The molecule has 3 atom stereocenters. The van der Waals surface area contributed by atoms with E-state index in [9.17, 15) is 9.59 Å². The molecule has 3 unspecified atom stereocenters. The van der Waals surface area contributed by atoms with Crippen molar-refractivity contribution in [1.29, 1.82) is 0 Å². The summed E-state index contributed by atoms with van der Waals surface area (Å²) < 4.78 is 5.77. The summed E-state index contributed by atoms with van der Waals surface area (Å²) in [7, 11) is 0. The molecule has 0 spiro atoms. The van der Waals surface area contributed by atoms with Gasteiger partial charge in [0.15, 0.2) is 0 Å². The van der Waals surface area contributed by atoms with Crippen molar-refractivity contribution in [2.75, 3.05) is 13.1 Å². The van der Waals surface area contributed by atoms with Gasteiger partial charge in [0.25, 0.3) is 0 Å². The highest BCUT2D eigenvalue weighted by Crippen LogP contribution is 2.27. The Hall–Kier alpha value is -1.30. The van der Waals surface area contributed by atoms with Crippen molar-refractivity contribution >= 4 is 12.0 Å². The van der Waals surface area contributed by atoms with E-state index in [1.807, 2.05) is 20.8 Å². The van der Waals surface area contributed by atoms with Crippen LogP contribution in [0.25, 0.3) is 0 Å². The molecular formula is C14H24N2O4. The number of ether oxygens (including phenoxy) is 1. The van der Waals surface area contributed by atoms with E-state index in [0.717, 1.165) is 12.8 Å². The highest BCUT2D eigenvalue weighted by atomic mass is 16.5. The average molecular weight is 284 g/mol. The molecule has 1 saturated carbocycles. The lowest BCUT2D eigenvalue weighted by Gasteiger charge is -2.42. The number of hydrogen-bond acceptors (Lipinski definition) is 3. The maximum absolute atomic E-state index is 12.3. The van der Waals surface area contributed by atoms with Gasteiger partial charge in [0.2, 0.25) is 0 Å². The molecule has 20 heavy (non-hydrogen) atoms. The molecule has 6 nitrogen and oxygen atoms in total. The quantitative estimate of drug-likeness (QED) is 0.804. The van der Waals surface area contributed by atoms with Crippen molar-refractivity contribution in [3.05, 3.63) is 0 Å². The predicted octanol–water partition coefficient (Wildman–Crippen LogP) is 1.45. The van der Waals surface area contributed by atoms with E-state index in [1.54, 1.807) is 4.90 Å². The van der Waals surface area contributed by atoms with Crippen LogP contribution in [0.15, 0.2) is 0 Å². The summed E-state index contributed by atoms with van der Waals surface area (Å²) >= 11 is 0. The van der Waals surface area contributed by atoms with E-state index >= 15 is 0 Å². The highest BCUT2D eigenvalue weighted by Gasteiger charge is 2.37. The summed E-state index contributed by atoms with van der Waals surface area (Å²) in [6, 6.07) is -0.423. The highest BCUT2D eigenvalue weighted by molar-refractivity contribution is 5.77. The summed E-state index contributed by atoms with van der Waals surface area (Å²) in [5.41, 5.74) is -0.364. The lowest BCUT2D eigenvalue weighted by atomic mass is 10.0. The third-order valence-electron chi connectivity index (χ3n) is 4.00. The van der Waals surface area contributed by atoms with Gasteiger partial charge in [0.05, 0.1) is 24.2 Å². The van der Waals surface area contributed by atoms with Crippen LogP contribution in [0.2, 0.25) is 0 Å². The minimum absolute atomic E-state index is 0.0108. The van der Waals surface area contributed by atoms with Gasteiger partial charge < -0.3 is 20.1 Å². The van der Waals surface area contributed by atoms with Gasteiger partial charge in [0.1, 0.15) is 0 Å². The first kappa shape index (κ1) is 15.1. The average Bonchev–Trinajstić information content (AvgIpc) is 2.74. The Balaban J connectivity index is 1.96. The monoisotopic (exact) mass is 284 g/mol. The molecule has 2 aliphatic rings. The zero-order valence-electron chi connectivity index (χ0n) is 12.4. The minimum Gasteiger partial charge on any atom is -0.481 e. The second-order valence-electron chi connectivity index (χ2n) is 6.50. The Labute approximate surface area is 119 Å². The van der Waals surface area contributed by atoms with Gasteiger partial charge in [-0.25, -0.2) is 4.79 Å². The largest absolute Gasteiger partial charge is 0.481 e. The zero-order chi connectivity index (χ0) is 14.9. The van der Waals surface area contributed by atoms with Crippen LogP contribution in [0.3, 0.4) is 0 Å². The molecule has 1 heterocycles. The molecule has 0 aromatic carbocycles. The number of nitrogens with one attached hydrogen (secondary N) is 1. The first-order chi connectivity index (χ1) is 9.28. The number of nitrogens with zero attached hydrogens (tertiary/aromatic N) is 1. The Morgan fingerprint density at radius 1 is 1.35 bits per heavy atom. The molecule has 0 aromatic heterocycles. The minimum atomic E-state index is -0.816. The number of carboxylic acid groups (broad SMARTS) is 1. The maximum Gasteiger partial charge on any atom is 0.317 e. The zero-order valence-corrected chi connectivity index (χ0v) is 12.4. The van der Waals surface area contributed by atoms with Crippen LogP contribution < -0.4 is 5.32 Å². The number of amides is 2. The fourth-order valence-corrected chi connectivity index (χ4v) is 3.29. The van der Waals surface area contributed by atoms with Gasteiger partial charge in [-0.05, 0) is 33.6 Å². The van der Waals surface area contributed by atoms with Crippen molar-refractivity contribution < 1.29 is 19.4 Å². The summed E-state index contributed by atoms with van der Waals surface area (Å²) in [5, 5.41) is 12.0. The normalized spacial score (nSPS) is 33.0. The fraction of sp³-hybridized carbons (Fsp3) is 0.857. The first-order valence-corrected chi connectivity index (χ1v) is 7.24. The molecule has 2 rings (SSSR count). The molecule has 2 fully saturated rings. The molecule has 1 aliphatic heterocycles. The van der Waals surface area contributed by atoms with E-state index < -0.39 is 11.9 Å². The van der Waals surface area contributed by atoms with Crippen LogP contribution in [-0.2, 0) is 9.53 Å². The summed E-state index contributed by atoms with van der Waals surface area (Å²) in [4.78, 5) is 25.2. The van der Waals surface area contributed by atoms with E-state index in [2.05, 4.69) is 5.32 Å². The Morgan fingerprint density at radius 3 is 2.65 bits per heavy atom. The molecule has 114 valence electrons. The fourth-order valence-electron chi connectivity index (χ4n) is 3.29. The van der Waals surface area contributed by atoms with Crippen LogP contribution in [-0.4, -0.2) is 52.8 Å². The van der Waals surface area contributed by atoms with Crippen LogP contribution in [0.1, 0.15) is 40.0 Å². The number of aliphatic carboxylic acids is 1. The predicted molar refractivity (Wildman–Crippen MR) is 73.5 cm³/mol. The van der Waals surface area contributed by atoms with Gasteiger partial charge in [-0.15, -0.1) is 0 Å². The summed E-state index contributed by atoms with van der Waals surface area (Å²) in [6.45, 7) is 6.92. The van der Waals surface area contributed by atoms with Crippen molar-refractivity contribution in [3.8, 4) is 0 Å². The molecule has 2 N–H and O–H groups in total. The smallest absolute Gasteiger partial charge is 0.317 e. The van der Waals surface area contributed by atoms with E-state index in [-0.39, 0.29) is 23.8 Å². The Bertz CT molecular complexity index is 397. The number of morpholine rings is 1. The molecule has 6 heteroatoms. The second-order valence-corrected chi connectivity index (χ2v) is 6.50. The first-order valence-electron chi connectivity index (χ1n) is 7.24. The molecule has 0 bridgehead atoms. The standard InChI is InChI=1S/C14H24N2O4/c1-9-7-16(8-14(2,3)20-9)13(19)15-11-6-4-5-10(11)12(17)18/h9-11H,4-8H2,1-3H3,(H,15,19)(H,17,18). The van der Waals surface area contributed by atoms with Gasteiger partial charge in [-0.3, -0.25) is 4.79 Å². The van der Waals surface area contributed by atoms with Crippen molar-refractivity contribution in [2.24, 2.45) is 5.92 Å². The molecule has 0 radical (unpaired) electrons. The number of rotatable bonds is 2. The van der Waals surface area contributed by atoms with E-state index in [4.69, 9.17) is 9.84 Å². The lowest BCUT2D eigenvalue weighted by Crippen LogP contribution is -2.57. The molecule has 2 amide bonds. The number of carbonyl (C=O) groups is 2. The SMILES string of the molecule is CC1CN(C(=O)NC2CCCC2C(=O)O)CC(C)(C)O1. The maximum atomic E-state index is 12.3. The van der Waals surface area contributed by atoms with Crippen molar-refractivity contribution in [3.63, 3.8) is 0 Å². The molecule has 1 aliphatic carbocycles. The van der Waals surface area contributed by atoms with Crippen LogP contribution in [0.4, 0.5) is 4.79 Å². The number of carboxylic acids is 1. The Kier molecular flexibility index (Phi) is 4.22. The van der Waals surface area contributed by atoms with Gasteiger partial charge >= 0.3 is 12.0 Å². The van der Waals surface area contributed by atoms with Crippen molar-refractivity contribution in [1.82, 2.24) is 10.2 Å². The number of urea groups is 1. The van der Waals surface area contributed by atoms with E-state index in [1.165, 1.54) is 0 Å². The topological polar surface area (TPSA) is 78.9 Å². The van der Waals surface area contributed by atoms with Crippen LogP contribution in [0, 0.1) is 5.92 Å². The van der Waals surface area contributed by atoms with Crippen molar-refractivity contribution in [2.45, 2.75) is 57.8 Å². The third kappa shape index (κ3) is 3.42. The number of hydrogen-bond donors (Lipinski definition) is 2. The van der Waals surface area contributed by atoms with Gasteiger partial charge in [-0.2, -0.15) is 0 Å².